The summed E-state index contributed by atoms with van der Waals surface area (Å²) in [7, 11) is 0. The second-order valence-corrected chi connectivity index (χ2v) is 8.52. The summed E-state index contributed by atoms with van der Waals surface area (Å²) in [6, 6.07) is 16.1. The summed E-state index contributed by atoms with van der Waals surface area (Å²) in [6.07, 6.45) is 0. The third-order valence-corrected chi connectivity index (χ3v) is 6.57. The Labute approximate surface area is 161 Å². The first-order valence-corrected chi connectivity index (χ1v) is 9.82. The molecular formula is C21H17ClN2OS. The van der Waals surface area contributed by atoms with Crippen LogP contribution < -0.4 is 5.73 Å². The van der Waals surface area contributed by atoms with Gasteiger partial charge in [-0.3, -0.25) is 9.69 Å². The summed E-state index contributed by atoms with van der Waals surface area (Å²) in [6.45, 7) is 2.58. The lowest BCUT2D eigenvalue weighted by Crippen LogP contribution is -2.36. The minimum Gasteiger partial charge on any atom is -0.390 e. The molecule has 0 saturated heterocycles. The average molecular weight is 381 g/mol. The summed E-state index contributed by atoms with van der Waals surface area (Å²) < 4.78 is 0. The Kier molecular flexibility index (Phi) is 3.67. The van der Waals surface area contributed by atoms with Gasteiger partial charge in [0.1, 0.15) is 0 Å². The quantitative estimate of drug-likeness (QED) is 0.702. The standard InChI is InChI=1S/C21H17ClN2OS/c22-13-6-7-14-15(8-13)16-10-24(9-12-4-2-1-3-5-12)11-17-18(16)19(20(14)25)21(23)26-17/h1-8,16H,9-11,23H2. The van der Waals surface area contributed by atoms with Crippen molar-refractivity contribution < 1.29 is 4.79 Å². The molecule has 5 rings (SSSR count). The van der Waals surface area contributed by atoms with Crippen LogP contribution >= 0.6 is 22.9 Å². The number of carbonyl (C=O) groups is 1. The molecule has 3 nitrogen and oxygen atoms in total. The van der Waals surface area contributed by atoms with Crippen molar-refractivity contribution in [3.63, 3.8) is 0 Å². The van der Waals surface area contributed by atoms with Crippen LogP contribution in [-0.2, 0) is 13.1 Å². The number of ketones is 1. The number of nitrogens with two attached hydrogens (primary N) is 1. The van der Waals surface area contributed by atoms with Crippen LogP contribution in [0.15, 0.2) is 48.5 Å². The van der Waals surface area contributed by atoms with Gasteiger partial charge in [-0.05, 0) is 34.9 Å². The van der Waals surface area contributed by atoms with E-state index < -0.39 is 0 Å². The number of rotatable bonds is 2. The van der Waals surface area contributed by atoms with E-state index in [9.17, 15) is 4.79 Å². The molecule has 5 heteroatoms. The number of thiophene rings is 1. The van der Waals surface area contributed by atoms with E-state index in [1.807, 2.05) is 18.2 Å². The fourth-order valence-corrected chi connectivity index (χ4v) is 5.58. The van der Waals surface area contributed by atoms with Crippen LogP contribution in [-0.4, -0.2) is 17.2 Å². The lowest BCUT2D eigenvalue weighted by atomic mass is 9.76. The van der Waals surface area contributed by atoms with Crippen molar-refractivity contribution in [3.8, 4) is 0 Å². The predicted molar refractivity (Wildman–Crippen MR) is 106 cm³/mol. The number of nitrogen functional groups attached to an aromatic ring is 1. The maximum absolute atomic E-state index is 13.0. The van der Waals surface area contributed by atoms with Gasteiger partial charge < -0.3 is 5.73 Å². The van der Waals surface area contributed by atoms with E-state index in [0.29, 0.717) is 10.0 Å². The van der Waals surface area contributed by atoms with Gasteiger partial charge in [-0.1, -0.05) is 41.9 Å². The number of nitrogens with zero attached hydrogens (tertiary/aromatic N) is 1. The van der Waals surface area contributed by atoms with Gasteiger partial charge in [-0.15, -0.1) is 11.3 Å². The van der Waals surface area contributed by atoms with Crippen LogP contribution in [0.5, 0.6) is 0 Å². The summed E-state index contributed by atoms with van der Waals surface area (Å²) in [4.78, 5) is 16.6. The zero-order chi connectivity index (χ0) is 17.8. The summed E-state index contributed by atoms with van der Waals surface area (Å²) in [5, 5.41) is 1.32. The van der Waals surface area contributed by atoms with E-state index in [0.717, 1.165) is 41.9 Å². The normalized spacial score (nSPS) is 18.5. The zero-order valence-corrected chi connectivity index (χ0v) is 15.6. The Morgan fingerprint density at radius 3 is 2.81 bits per heavy atom. The molecular weight excluding hydrogens is 364 g/mol. The van der Waals surface area contributed by atoms with Gasteiger partial charge in [0.2, 0.25) is 0 Å². The third kappa shape index (κ3) is 2.41. The maximum atomic E-state index is 13.0. The predicted octanol–water partition coefficient (Wildman–Crippen LogP) is 4.68. The van der Waals surface area contributed by atoms with E-state index in [-0.39, 0.29) is 11.7 Å². The molecule has 1 aromatic heterocycles. The molecule has 3 aromatic rings. The Hall–Kier alpha value is -2.14. The van der Waals surface area contributed by atoms with Crippen LogP contribution in [0.3, 0.4) is 0 Å². The number of hydrogen-bond donors (Lipinski definition) is 1. The second-order valence-electron chi connectivity index (χ2n) is 6.95. The monoisotopic (exact) mass is 380 g/mol. The molecule has 0 amide bonds. The molecule has 130 valence electrons. The zero-order valence-electron chi connectivity index (χ0n) is 14.0. The van der Waals surface area contributed by atoms with E-state index in [4.69, 9.17) is 17.3 Å². The summed E-state index contributed by atoms with van der Waals surface area (Å²) >= 11 is 7.82. The molecule has 2 aliphatic rings. The van der Waals surface area contributed by atoms with Gasteiger partial charge in [0.15, 0.2) is 5.78 Å². The minimum atomic E-state index is 0.0411. The van der Waals surface area contributed by atoms with Gasteiger partial charge in [0, 0.05) is 41.0 Å². The molecule has 0 radical (unpaired) electrons. The summed E-state index contributed by atoms with van der Waals surface area (Å²) in [5.41, 5.74) is 11.2. The number of hydrogen-bond acceptors (Lipinski definition) is 4. The van der Waals surface area contributed by atoms with Crippen LogP contribution in [0, 0.1) is 0 Å². The molecule has 2 aromatic carbocycles. The first-order chi connectivity index (χ1) is 12.6. The highest BCUT2D eigenvalue weighted by molar-refractivity contribution is 7.16. The number of carbonyl (C=O) groups excluding carboxylic acids is 1. The van der Waals surface area contributed by atoms with Crippen molar-refractivity contribution in [2.24, 2.45) is 0 Å². The van der Waals surface area contributed by atoms with Gasteiger partial charge in [0.25, 0.3) is 0 Å². The number of benzene rings is 2. The largest absolute Gasteiger partial charge is 0.390 e. The maximum Gasteiger partial charge on any atom is 0.196 e. The highest BCUT2D eigenvalue weighted by atomic mass is 35.5. The molecule has 0 saturated carbocycles. The number of fused-ring (bicyclic) bond motifs is 2. The number of anilines is 1. The van der Waals surface area contributed by atoms with Crippen LogP contribution in [0.1, 0.15) is 43.4 Å². The van der Waals surface area contributed by atoms with E-state index in [2.05, 4.69) is 29.2 Å². The first kappa shape index (κ1) is 16.1. The Morgan fingerprint density at radius 2 is 2.00 bits per heavy atom. The molecule has 2 heterocycles. The molecule has 0 bridgehead atoms. The van der Waals surface area contributed by atoms with E-state index in [1.165, 1.54) is 10.4 Å². The highest BCUT2D eigenvalue weighted by Crippen LogP contribution is 2.48. The van der Waals surface area contributed by atoms with Crippen LogP contribution in [0.2, 0.25) is 5.02 Å². The highest BCUT2D eigenvalue weighted by Gasteiger charge is 2.40. The second kappa shape index (κ2) is 5.95. The molecule has 0 spiro atoms. The minimum absolute atomic E-state index is 0.0411. The molecule has 1 unspecified atom stereocenters. The Morgan fingerprint density at radius 1 is 1.19 bits per heavy atom. The molecule has 2 N–H and O–H groups in total. The average Bonchev–Trinajstić information content (AvgIpc) is 2.96. The van der Waals surface area contributed by atoms with Crippen molar-refractivity contribution in [2.75, 3.05) is 12.3 Å². The summed E-state index contributed by atoms with van der Waals surface area (Å²) in [5.74, 6) is 0.192. The first-order valence-electron chi connectivity index (χ1n) is 8.63. The Bertz CT molecular complexity index is 1030. The van der Waals surface area contributed by atoms with Gasteiger partial charge in [-0.2, -0.15) is 0 Å². The molecule has 26 heavy (non-hydrogen) atoms. The fraction of sp³-hybridized carbons (Fsp3) is 0.190. The van der Waals surface area contributed by atoms with E-state index in [1.54, 1.807) is 17.4 Å². The molecule has 1 aliphatic carbocycles. The van der Waals surface area contributed by atoms with Crippen molar-refractivity contribution in [1.82, 2.24) is 4.90 Å². The van der Waals surface area contributed by atoms with Crippen molar-refractivity contribution >= 4 is 33.7 Å². The Balaban J connectivity index is 1.61. The van der Waals surface area contributed by atoms with Gasteiger partial charge >= 0.3 is 0 Å². The lowest BCUT2D eigenvalue weighted by Gasteiger charge is -2.36. The third-order valence-electron chi connectivity index (χ3n) is 5.32. The fourth-order valence-electron chi connectivity index (χ4n) is 4.23. The van der Waals surface area contributed by atoms with Crippen LogP contribution in [0.25, 0.3) is 0 Å². The van der Waals surface area contributed by atoms with Gasteiger partial charge in [0.05, 0.1) is 10.6 Å². The van der Waals surface area contributed by atoms with Crippen molar-refractivity contribution in [3.05, 3.63) is 86.2 Å². The van der Waals surface area contributed by atoms with E-state index >= 15 is 0 Å². The molecule has 1 atom stereocenters. The van der Waals surface area contributed by atoms with Crippen LogP contribution in [0.4, 0.5) is 5.00 Å². The molecule has 1 aliphatic heterocycles. The smallest absolute Gasteiger partial charge is 0.196 e. The lowest BCUT2D eigenvalue weighted by molar-refractivity contribution is 0.103. The molecule has 0 fully saturated rings. The van der Waals surface area contributed by atoms with Gasteiger partial charge in [-0.25, -0.2) is 0 Å². The van der Waals surface area contributed by atoms with Crippen molar-refractivity contribution in [2.45, 2.75) is 19.0 Å². The SMILES string of the molecule is Nc1sc2c3c1C(=O)c1ccc(Cl)cc1C3CN(Cc1ccccc1)C2. The topological polar surface area (TPSA) is 46.3 Å². The van der Waals surface area contributed by atoms with Crippen molar-refractivity contribution in [1.29, 1.82) is 0 Å². The number of halogens is 1.